The number of aliphatic hydroxyl groups is 1. The fourth-order valence-corrected chi connectivity index (χ4v) is 2.46. The number of nitrogens with one attached hydrogen (secondary N) is 1. The molecule has 0 bridgehead atoms. The number of hydrogen-bond acceptors (Lipinski definition) is 3. The van der Waals surface area contributed by atoms with Gasteiger partial charge in [0.05, 0.1) is 11.7 Å². The molecule has 6 heteroatoms. The van der Waals surface area contributed by atoms with Crippen LogP contribution in [0.2, 0.25) is 0 Å². The average molecular weight is 285 g/mol. The number of rotatable bonds is 4. The van der Waals surface area contributed by atoms with Crippen molar-refractivity contribution in [1.82, 2.24) is 0 Å². The van der Waals surface area contributed by atoms with Crippen molar-refractivity contribution in [1.29, 1.82) is 0 Å². The lowest BCUT2D eigenvalue weighted by Gasteiger charge is -2.26. The van der Waals surface area contributed by atoms with Gasteiger partial charge in [0.25, 0.3) is 0 Å². The summed E-state index contributed by atoms with van der Waals surface area (Å²) in [4.78, 5) is 10.7. The molecular formula is C14H17F2NO3. The van der Waals surface area contributed by atoms with Gasteiger partial charge in [0.2, 0.25) is 0 Å². The second kappa shape index (κ2) is 6.17. The number of carboxylic acid groups (broad SMARTS) is 1. The molecule has 0 saturated heterocycles. The molecule has 1 aliphatic rings. The number of benzene rings is 1. The fourth-order valence-electron chi connectivity index (χ4n) is 2.46. The molecule has 1 aromatic carbocycles. The van der Waals surface area contributed by atoms with Crippen LogP contribution in [0.1, 0.15) is 36.0 Å². The number of carbonyl (C=O) groups is 1. The van der Waals surface area contributed by atoms with Gasteiger partial charge in [-0.05, 0) is 43.7 Å². The summed E-state index contributed by atoms with van der Waals surface area (Å²) in [5.41, 5.74) is -0.701. The molecule has 20 heavy (non-hydrogen) atoms. The van der Waals surface area contributed by atoms with Crippen molar-refractivity contribution >= 4 is 11.7 Å². The zero-order chi connectivity index (χ0) is 14.7. The molecule has 0 unspecified atom stereocenters. The molecule has 3 N–H and O–H groups in total. The van der Waals surface area contributed by atoms with Gasteiger partial charge in [0, 0.05) is 6.54 Å². The third-order valence-electron chi connectivity index (χ3n) is 3.67. The molecule has 1 aliphatic carbocycles. The summed E-state index contributed by atoms with van der Waals surface area (Å²) in [5.74, 6) is -2.91. The Morgan fingerprint density at radius 2 is 1.75 bits per heavy atom. The lowest BCUT2D eigenvalue weighted by molar-refractivity contribution is 0.0695. The Kier molecular flexibility index (Phi) is 4.54. The summed E-state index contributed by atoms with van der Waals surface area (Å²) < 4.78 is 27.4. The number of anilines is 1. The van der Waals surface area contributed by atoms with Crippen LogP contribution in [0.3, 0.4) is 0 Å². The van der Waals surface area contributed by atoms with Gasteiger partial charge in [-0.1, -0.05) is 0 Å². The molecule has 0 atom stereocenters. The van der Waals surface area contributed by atoms with Crippen LogP contribution in [0, 0.1) is 17.6 Å². The monoisotopic (exact) mass is 285 g/mol. The van der Waals surface area contributed by atoms with Gasteiger partial charge >= 0.3 is 5.97 Å². The van der Waals surface area contributed by atoms with Crippen LogP contribution in [0.15, 0.2) is 12.1 Å². The smallest absolute Gasteiger partial charge is 0.335 e. The highest BCUT2D eigenvalue weighted by molar-refractivity contribution is 5.88. The van der Waals surface area contributed by atoms with Gasteiger partial charge in [-0.15, -0.1) is 0 Å². The van der Waals surface area contributed by atoms with Gasteiger partial charge in [-0.25, -0.2) is 13.6 Å². The van der Waals surface area contributed by atoms with Crippen LogP contribution >= 0.6 is 0 Å². The molecule has 0 spiro atoms. The van der Waals surface area contributed by atoms with Crippen LogP contribution in [0.4, 0.5) is 14.5 Å². The van der Waals surface area contributed by atoms with E-state index in [-0.39, 0.29) is 17.7 Å². The predicted molar refractivity (Wildman–Crippen MR) is 69.8 cm³/mol. The standard InChI is InChI=1S/C14H17F2NO3/c15-11-5-9(14(19)20)6-12(16)13(11)17-7-8-1-3-10(18)4-2-8/h5-6,8,10,17-18H,1-4,7H2,(H,19,20). The van der Waals surface area contributed by atoms with Crippen LogP contribution < -0.4 is 5.32 Å². The topological polar surface area (TPSA) is 69.6 Å². The molecule has 0 heterocycles. The largest absolute Gasteiger partial charge is 0.478 e. The maximum absolute atomic E-state index is 13.7. The van der Waals surface area contributed by atoms with E-state index in [0.29, 0.717) is 19.4 Å². The Labute approximate surface area is 115 Å². The molecule has 110 valence electrons. The van der Waals surface area contributed by atoms with Crippen molar-refractivity contribution in [3.05, 3.63) is 29.3 Å². The van der Waals surface area contributed by atoms with Crippen LogP contribution in [-0.4, -0.2) is 28.8 Å². The fraction of sp³-hybridized carbons (Fsp3) is 0.500. The second-order valence-corrected chi connectivity index (χ2v) is 5.18. The zero-order valence-electron chi connectivity index (χ0n) is 10.9. The van der Waals surface area contributed by atoms with Gasteiger partial charge in [-0.2, -0.15) is 0 Å². The number of aromatic carboxylic acids is 1. The van der Waals surface area contributed by atoms with Crippen LogP contribution in [0.5, 0.6) is 0 Å². The quantitative estimate of drug-likeness (QED) is 0.795. The Balaban J connectivity index is 2.01. The van der Waals surface area contributed by atoms with E-state index in [9.17, 15) is 18.7 Å². The first-order chi connectivity index (χ1) is 9.47. The Bertz CT molecular complexity index is 476. The summed E-state index contributed by atoms with van der Waals surface area (Å²) in [7, 11) is 0. The van der Waals surface area contributed by atoms with Gasteiger partial charge in [-0.3, -0.25) is 0 Å². The minimum atomic E-state index is -1.37. The van der Waals surface area contributed by atoms with Gasteiger partial charge < -0.3 is 15.5 Å². The van der Waals surface area contributed by atoms with E-state index in [4.69, 9.17) is 5.11 Å². The molecule has 0 aliphatic heterocycles. The zero-order valence-corrected chi connectivity index (χ0v) is 10.9. The first-order valence-corrected chi connectivity index (χ1v) is 6.61. The predicted octanol–water partition coefficient (Wildman–Crippen LogP) is 2.63. The van der Waals surface area contributed by atoms with Gasteiger partial charge in [0.15, 0.2) is 0 Å². The molecule has 0 amide bonds. The summed E-state index contributed by atoms with van der Waals surface area (Å²) >= 11 is 0. The normalized spacial score (nSPS) is 22.6. The maximum atomic E-state index is 13.7. The van der Waals surface area contributed by atoms with E-state index in [0.717, 1.165) is 25.0 Å². The highest BCUT2D eigenvalue weighted by Gasteiger charge is 2.20. The molecular weight excluding hydrogens is 268 g/mol. The number of halogens is 2. The van der Waals surface area contributed by atoms with Crippen LogP contribution in [-0.2, 0) is 0 Å². The van der Waals surface area contributed by atoms with E-state index in [1.165, 1.54) is 0 Å². The van der Waals surface area contributed by atoms with E-state index in [1.807, 2.05) is 0 Å². The van der Waals surface area contributed by atoms with Crippen molar-refractivity contribution in [2.75, 3.05) is 11.9 Å². The second-order valence-electron chi connectivity index (χ2n) is 5.18. The Morgan fingerprint density at radius 3 is 2.25 bits per heavy atom. The SMILES string of the molecule is O=C(O)c1cc(F)c(NCC2CCC(O)CC2)c(F)c1. The Morgan fingerprint density at radius 1 is 1.20 bits per heavy atom. The Hall–Kier alpha value is -1.69. The van der Waals surface area contributed by atoms with Gasteiger partial charge in [0.1, 0.15) is 17.3 Å². The first-order valence-electron chi connectivity index (χ1n) is 6.61. The summed E-state index contributed by atoms with van der Waals surface area (Å²) in [6.07, 6.45) is 2.76. The lowest BCUT2D eigenvalue weighted by Crippen LogP contribution is -2.24. The highest BCUT2D eigenvalue weighted by atomic mass is 19.1. The highest BCUT2D eigenvalue weighted by Crippen LogP contribution is 2.26. The molecule has 2 rings (SSSR count). The lowest BCUT2D eigenvalue weighted by atomic mass is 9.87. The molecule has 1 saturated carbocycles. The first kappa shape index (κ1) is 14.7. The van der Waals surface area contributed by atoms with E-state index >= 15 is 0 Å². The van der Waals surface area contributed by atoms with Crippen molar-refractivity contribution in [3.8, 4) is 0 Å². The molecule has 1 fully saturated rings. The third-order valence-corrected chi connectivity index (χ3v) is 3.67. The maximum Gasteiger partial charge on any atom is 0.335 e. The molecule has 0 radical (unpaired) electrons. The number of aliphatic hydroxyl groups excluding tert-OH is 1. The van der Waals surface area contributed by atoms with Crippen molar-refractivity contribution in [2.24, 2.45) is 5.92 Å². The van der Waals surface area contributed by atoms with E-state index < -0.39 is 23.2 Å². The van der Waals surface area contributed by atoms with E-state index in [1.54, 1.807) is 0 Å². The molecule has 4 nitrogen and oxygen atoms in total. The molecule has 0 aromatic heterocycles. The number of hydrogen-bond donors (Lipinski definition) is 3. The summed E-state index contributed by atoms with van der Waals surface area (Å²) in [5, 5.41) is 20.8. The summed E-state index contributed by atoms with van der Waals surface area (Å²) in [6.45, 7) is 0.410. The van der Waals surface area contributed by atoms with Crippen molar-refractivity contribution in [2.45, 2.75) is 31.8 Å². The van der Waals surface area contributed by atoms with Crippen molar-refractivity contribution < 1.29 is 23.8 Å². The minimum Gasteiger partial charge on any atom is -0.478 e. The van der Waals surface area contributed by atoms with Crippen LogP contribution in [0.25, 0.3) is 0 Å². The third kappa shape index (κ3) is 3.45. The molecule has 1 aromatic rings. The average Bonchev–Trinajstić information content (AvgIpc) is 2.39. The van der Waals surface area contributed by atoms with E-state index in [2.05, 4.69) is 5.32 Å². The van der Waals surface area contributed by atoms with Crippen molar-refractivity contribution in [3.63, 3.8) is 0 Å². The minimum absolute atomic E-state index is 0.261. The number of carboxylic acids is 1. The summed E-state index contributed by atoms with van der Waals surface area (Å²) in [6, 6.07) is 1.61.